The Labute approximate surface area is 109 Å². The van der Waals surface area contributed by atoms with Gasteiger partial charge in [-0.3, -0.25) is 0 Å². The van der Waals surface area contributed by atoms with Gasteiger partial charge in [0.05, 0.1) is 0 Å². The summed E-state index contributed by atoms with van der Waals surface area (Å²) in [6, 6.07) is 0.780. The highest BCUT2D eigenvalue weighted by Gasteiger charge is 2.27. The Balaban J connectivity index is 2.37. The molecule has 0 aromatic heterocycles. The number of hydrogen-bond donors (Lipinski definition) is 1. The first-order valence-electron chi connectivity index (χ1n) is 7.90. The highest BCUT2D eigenvalue weighted by Crippen LogP contribution is 2.34. The molecule has 0 spiro atoms. The minimum Gasteiger partial charge on any atom is -0.314 e. The van der Waals surface area contributed by atoms with Gasteiger partial charge < -0.3 is 5.32 Å². The first-order chi connectivity index (χ1) is 8.17. The molecule has 0 radical (unpaired) electrons. The lowest BCUT2D eigenvalue weighted by molar-refractivity contribution is 0.199. The van der Waals surface area contributed by atoms with Gasteiger partial charge in [-0.2, -0.15) is 0 Å². The summed E-state index contributed by atoms with van der Waals surface area (Å²) in [7, 11) is 0. The molecule has 0 bridgehead atoms. The van der Waals surface area contributed by atoms with Crippen molar-refractivity contribution in [1.29, 1.82) is 0 Å². The molecule has 1 rings (SSSR count). The van der Waals surface area contributed by atoms with E-state index in [4.69, 9.17) is 0 Å². The molecule has 0 saturated heterocycles. The first-order valence-corrected chi connectivity index (χ1v) is 7.90. The van der Waals surface area contributed by atoms with Crippen LogP contribution in [0.1, 0.15) is 72.6 Å². The lowest BCUT2D eigenvalue weighted by Crippen LogP contribution is -2.39. The lowest BCUT2D eigenvalue weighted by Gasteiger charge is -2.35. The van der Waals surface area contributed by atoms with Crippen LogP contribution in [-0.4, -0.2) is 12.6 Å². The maximum Gasteiger partial charge on any atom is 0.00976 e. The van der Waals surface area contributed by atoms with Gasteiger partial charge in [0.25, 0.3) is 0 Å². The minimum atomic E-state index is 0.780. The van der Waals surface area contributed by atoms with Crippen molar-refractivity contribution < 1.29 is 0 Å². The Hall–Kier alpha value is -0.0400. The normalized spacial score (nSPS) is 27.4. The summed E-state index contributed by atoms with van der Waals surface area (Å²) in [4.78, 5) is 0. The lowest BCUT2D eigenvalue weighted by atomic mass is 9.75. The van der Waals surface area contributed by atoms with E-state index in [1.165, 1.54) is 44.9 Å². The van der Waals surface area contributed by atoms with Gasteiger partial charge >= 0.3 is 0 Å². The molecule has 1 fully saturated rings. The van der Waals surface area contributed by atoms with E-state index in [1.54, 1.807) is 0 Å². The van der Waals surface area contributed by atoms with Crippen LogP contribution in [0.5, 0.6) is 0 Å². The van der Waals surface area contributed by atoms with Crippen LogP contribution in [0.25, 0.3) is 0 Å². The summed E-state index contributed by atoms with van der Waals surface area (Å²) in [6.45, 7) is 10.4. The van der Waals surface area contributed by atoms with E-state index in [-0.39, 0.29) is 0 Å². The number of rotatable bonds is 7. The molecule has 1 unspecified atom stereocenters. The third-order valence-electron chi connectivity index (χ3n) is 4.35. The molecule has 1 atom stereocenters. The smallest absolute Gasteiger partial charge is 0.00976 e. The molecule has 1 heteroatoms. The molecule has 1 aliphatic carbocycles. The molecule has 0 heterocycles. The van der Waals surface area contributed by atoms with Gasteiger partial charge in [0, 0.05) is 6.04 Å². The van der Waals surface area contributed by atoms with E-state index in [9.17, 15) is 0 Å². The quantitative estimate of drug-likeness (QED) is 0.683. The fourth-order valence-corrected chi connectivity index (χ4v) is 3.50. The Morgan fingerprint density at radius 1 is 1.06 bits per heavy atom. The van der Waals surface area contributed by atoms with Crippen molar-refractivity contribution in [2.45, 2.75) is 78.7 Å². The van der Waals surface area contributed by atoms with E-state index < -0.39 is 0 Å². The Bertz CT molecular complexity index is 180. The highest BCUT2D eigenvalue weighted by atomic mass is 14.9. The zero-order valence-electron chi connectivity index (χ0n) is 12.5. The van der Waals surface area contributed by atoms with E-state index in [2.05, 4.69) is 33.0 Å². The van der Waals surface area contributed by atoms with Gasteiger partial charge in [-0.05, 0) is 43.6 Å². The summed E-state index contributed by atoms with van der Waals surface area (Å²) in [5.41, 5.74) is 0. The van der Waals surface area contributed by atoms with E-state index in [1.807, 2.05) is 0 Å². The molecule has 0 aromatic carbocycles. The van der Waals surface area contributed by atoms with Crippen LogP contribution in [0.15, 0.2) is 0 Å². The van der Waals surface area contributed by atoms with Crippen molar-refractivity contribution in [3.05, 3.63) is 0 Å². The second-order valence-corrected chi connectivity index (χ2v) is 6.36. The molecule has 1 aliphatic rings. The van der Waals surface area contributed by atoms with Gasteiger partial charge in [0.2, 0.25) is 0 Å². The van der Waals surface area contributed by atoms with E-state index >= 15 is 0 Å². The largest absolute Gasteiger partial charge is 0.314 e. The van der Waals surface area contributed by atoms with Gasteiger partial charge in [0.15, 0.2) is 0 Å². The third-order valence-corrected chi connectivity index (χ3v) is 4.35. The van der Waals surface area contributed by atoms with Crippen molar-refractivity contribution in [2.24, 2.45) is 17.8 Å². The molecule has 17 heavy (non-hydrogen) atoms. The maximum absolute atomic E-state index is 3.73. The molecule has 0 aliphatic heterocycles. The average Bonchev–Trinajstić information content (AvgIpc) is 2.29. The van der Waals surface area contributed by atoms with Crippen LogP contribution in [0.2, 0.25) is 0 Å². The molecule has 0 aromatic rings. The van der Waals surface area contributed by atoms with Gasteiger partial charge in [0.1, 0.15) is 0 Å². The molecular weight excluding hydrogens is 206 g/mol. The van der Waals surface area contributed by atoms with Gasteiger partial charge in [-0.15, -0.1) is 0 Å². The fraction of sp³-hybridized carbons (Fsp3) is 1.00. The van der Waals surface area contributed by atoms with Crippen LogP contribution in [0, 0.1) is 17.8 Å². The monoisotopic (exact) mass is 239 g/mol. The maximum atomic E-state index is 3.73. The Morgan fingerprint density at radius 3 is 2.18 bits per heavy atom. The molecule has 1 saturated carbocycles. The fourth-order valence-electron chi connectivity index (χ4n) is 3.50. The molecule has 102 valence electrons. The predicted octanol–water partition coefficient (Wildman–Crippen LogP) is 4.62. The van der Waals surface area contributed by atoms with Crippen molar-refractivity contribution in [1.82, 2.24) is 5.32 Å². The molecule has 1 N–H and O–H groups in total. The van der Waals surface area contributed by atoms with Crippen LogP contribution in [0.4, 0.5) is 0 Å². The van der Waals surface area contributed by atoms with Crippen LogP contribution in [-0.2, 0) is 0 Å². The minimum absolute atomic E-state index is 0.780. The van der Waals surface area contributed by atoms with Crippen LogP contribution >= 0.6 is 0 Å². The topological polar surface area (TPSA) is 12.0 Å². The molecular formula is C16H33N. The Kier molecular flexibility index (Phi) is 7.18. The molecule has 0 amide bonds. The van der Waals surface area contributed by atoms with Crippen molar-refractivity contribution in [3.63, 3.8) is 0 Å². The van der Waals surface area contributed by atoms with Crippen molar-refractivity contribution in [3.8, 4) is 0 Å². The summed E-state index contributed by atoms with van der Waals surface area (Å²) >= 11 is 0. The van der Waals surface area contributed by atoms with E-state index in [0.29, 0.717) is 0 Å². The summed E-state index contributed by atoms with van der Waals surface area (Å²) in [5, 5.41) is 3.73. The van der Waals surface area contributed by atoms with Crippen LogP contribution < -0.4 is 5.32 Å². The highest BCUT2D eigenvalue weighted by molar-refractivity contribution is 4.82. The summed E-state index contributed by atoms with van der Waals surface area (Å²) in [5.74, 6) is 2.82. The second-order valence-electron chi connectivity index (χ2n) is 6.36. The van der Waals surface area contributed by atoms with E-state index in [0.717, 1.165) is 30.3 Å². The third kappa shape index (κ3) is 5.42. The van der Waals surface area contributed by atoms with Crippen LogP contribution in [0.3, 0.4) is 0 Å². The zero-order valence-corrected chi connectivity index (χ0v) is 12.5. The van der Waals surface area contributed by atoms with Crippen molar-refractivity contribution >= 4 is 0 Å². The predicted molar refractivity (Wildman–Crippen MR) is 77.3 cm³/mol. The second kappa shape index (κ2) is 8.13. The average molecular weight is 239 g/mol. The standard InChI is InChI=1S/C16H33N/c1-5-7-14-8-10-15(11-9-14)16(17-6-2)12-13(3)4/h13-17H,5-12H2,1-4H3. The van der Waals surface area contributed by atoms with Crippen molar-refractivity contribution in [2.75, 3.05) is 6.54 Å². The van der Waals surface area contributed by atoms with Gasteiger partial charge in [-0.1, -0.05) is 53.4 Å². The Morgan fingerprint density at radius 2 is 1.71 bits per heavy atom. The SMILES string of the molecule is CCCC1CCC(C(CC(C)C)NCC)CC1. The molecule has 1 nitrogen and oxygen atoms in total. The summed E-state index contributed by atoms with van der Waals surface area (Å²) < 4.78 is 0. The first kappa shape index (κ1) is 15.0. The van der Waals surface area contributed by atoms with Gasteiger partial charge in [-0.25, -0.2) is 0 Å². The number of nitrogens with one attached hydrogen (secondary N) is 1. The summed E-state index contributed by atoms with van der Waals surface area (Å²) in [6.07, 6.45) is 10.1. The number of hydrogen-bond acceptors (Lipinski definition) is 1. The zero-order chi connectivity index (χ0) is 12.7.